The highest BCUT2D eigenvalue weighted by atomic mass is 35.5. The highest BCUT2D eigenvalue weighted by Gasteiger charge is 2.09. The first kappa shape index (κ1) is 13.7. The van der Waals surface area contributed by atoms with E-state index in [9.17, 15) is 0 Å². The van der Waals surface area contributed by atoms with Gasteiger partial charge in [0, 0.05) is 23.8 Å². The predicted molar refractivity (Wildman–Crippen MR) is 84.9 cm³/mol. The number of halogens is 1. The van der Waals surface area contributed by atoms with E-state index in [4.69, 9.17) is 16.9 Å². The first-order chi connectivity index (χ1) is 10.3. The molecule has 0 bridgehead atoms. The van der Waals surface area contributed by atoms with Gasteiger partial charge in [-0.25, -0.2) is 4.68 Å². The molecule has 0 spiro atoms. The summed E-state index contributed by atoms with van der Waals surface area (Å²) in [6.07, 6.45) is 3.57. The van der Waals surface area contributed by atoms with Gasteiger partial charge in [-0.15, -0.1) is 11.3 Å². The maximum Gasteiger partial charge on any atom is 0.110 e. The van der Waals surface area contributed by atoms with Gasteiger partial charge in [0.2, 0.25) is 0 Å². The standard InChI is InChI=1S/C15H11ClN4S/c16-13-3-1-4-14(15(13)20-8-2-7-19-20)18-10-12-6-5-11(9-17)21-12/h1-8,18H,10H2. The van der Waals surface area contributed by atoms with Crippen molar-refractivity contribution in [2.24, 2.45) is 0 Å². The average molecular weight is 315 g/mol. The molecule has 0 fully saturated rings. The molecular weight excluding hydrogens is 304 g/mol. The van der Waals surface area contributed by atoms with Gasteiger partial charge in [0.15, 0.2) is 0 Å². The Hall–Kier alpha value is -2.29. The summed E-state index contributed by atoms with van der Waals surface area (Å²) in [7, 11) is 0. The van der Waals surface area contributed by atoms with Crippen molar-refractivity contribution in [3.8, 4) is 11.8 Å². The van der Waals surface area contributed by atoms with Crippen molar-refractivity contribution < 1.29 is 0 Å². The van der Waals surface area contributed by atoms with Crippen molar-refractivity contribution in [2.45, 2.75) is 6.54 Å². The fourth-order valence-electron chi connectivity index (χ4n) is 2.01. The molecule has 1 N–H and O–H groups in total. The molecule has 0 atom stereocenters. The van der Waals surface area contributed by atoms with E-state index in [-0.39, 0.29) is 0 Å². The van der Waals surface area contributed by atoms with E-state index in [2.05, 4.69) is 16.5 Å². The molecule has 0 aliphatic heterocycles. The normalized spacial score (nSPS) is 10.3. The third-order valence-corrected chi connectivity index (χ3v) is 4.24. The Bertz CT molecular complexity index is 786. The van der Waals surface area contributed by atoms with E-state index >= 15 is 0 Å². The molecule has 3 rings (SSSR count). The maximum absolute atomic E-state index is 8.85. The van der Waals surface area contributed by atoms with Crippen LogP contribution in [0.3, 0.4) is 0 Å². The number of hydrogen-bond donors (Lipinski definition) is 1. The predicted octanol–water partition coefficient (Wildman–Crippen LogP) is 4.07. The van der Waals surface area contributed by atoms with Gasteiger partial charge in [-0.2, -0.15) is 10.4 Å². The lowest BCUT2D eigenvalue weighted by Crippen LogP contribution is -2.04. The number of nitrogens with zero attached hydrogens (tertiary/aromatic N) is 3. The SMILES string of the molecule is N#Cc1ccc(CNc2cccc(Cl)c2-n2cccn2)s1. The molecule has 2 aromatic heterocycles. The van der Waals surface area contributed by atoms with Gasteiger partial charge in [0.25, 0.3) is 0 Å². The molecule has 1 aromatic carbocycles. The fraction of sp³-hybridized carbons (Fsp3) is 0.0667. The highest BCUT2D eigenvalue weighted by Crippen LogP contribution is 2.28. The van der Waals surface area contributed by atoms with Crippen molar-refractivity contribution in [2.75, 3.05) is 5.32 Å². The summed E-state index contributed by atoms with van der Waals surface area (Å²) in [5.41, 5.74) is 1.72. The Kier molecular flexibility index (Phi) is 3.91. The third kappa shape index (κ3) is 2.92. The molecule has 6 heteroatoms. The van der Waals surface area contributed by atoms with Crippen molar-refractivity contribution in [3.63, 3.8) is 0 Å². The van der Waals surface area contributed by atoms with Crippen molar-refractivity contribution >= 4 is 28.6 Å². The minimum absolute atomic E-state index is 0.632. The van der Waals surface area contributed by atoms with E-state index in [1.807, 2.05) is 42.6 Å². The first-order valence-corrected chi connectivity index (χ1v) is 7.48. The minimum atomic E-state index is 0.632. The van der Waals surface area contributed by atoms with Gasteiger partial charge < -0.3 is 5.32 Å². The second-order valence-electron chi connectivity index (χ2n) is 4.32. The Morgan fingerprint density at radius 3 is 2.90 bits per heavy atom. The van der Waals surface area contributed by atoms with Crippen molar-refractivity contribution in [1.29, 1.82) is 5.26 Å². The van der Waals surface area contributed by atoms with Crippen LogP contribution in [0.4, 0.5) is 5.69 Å². The lowest BCUT2D eigenvalue weighted by Gasteiger charge is -2.13. The van der Waals surface area contributed by atoms with Gasteiger partial charge in [-0.05, 0) is 30.3 Å². The van der Waals surface area contributed by atoms with E-state index < -0.39 is 0 Å². The highest BCUT2D eigenvalue weighted by molar-refractivity contribution is 7.12. The molecule has 21 heavy (non-hydrogen) atoms. The fourth-order valence-corrected chi connectivity index (χ4v) is 3.01. The van der Waals surface area contributed by atoms with Gasteiger partial charge >= 0.3 is 0 Å². The minimum Gasteiger partial charge on any atom is -0.378 e. The lowest BCUT2D eigenvalue weighted by atomic mass is 10.2. The summed E-state index contributed by atoms with van der Waals surface area (Å²) >= 11 is 7.77. The molecule has 0 aliphatic carbocycles. The van der Waals surface area contributed by atoms with Crippen LogP contribution in [-0.2, 0) is 6.54 Å². The Morgan fingerprint density at radius 2 is 2.19 bits per heavy atom. The topological polar surface area (TPSA) is 53.6 Å². The zero-order chi connectivity index (χ0) is 14.7. The number of nitriles is 1. The number of anilines is 1. The molecule has 3 aromatic rings. The van der Waals surface area contributed by atoms with Crippen LogP contribution in [0.15, 0.2) is 48.8 Å². The molecule has 0 saturated heterocycles. The zero-order valence-electron chi connectivity index (χ0n) is 11.0. The molecule has 0 saturated carbocycles. The van der Waals surface area contributed by atoms with Crippen LogP contribution in [0.1, 0.15) is 9.75 Å². The van der Waals surface area contributed by atoms with Crippen LogP contribution in [0.5, 0.6) is 0 Å². The van der Waals surface area contributed by atoms with Crippen LogP contribution < -0.4 is 5.32 Å². The van der Waals surface area contributed by atoms with Gasteiger partial charge in [0.05, 0.1) is 10.7 Å². The molecule has 104 valence electrons. The second kappa shape index (κ2) is 6.00. The van der Waals surface area contributed by atoms with Gasteiger partial charge in [0.1, 0.15) is 16.6 Å². The molecular formula is C15H11ClN4S. The number of rotatable bonds is 4. The maximum atomic E-state index is 8.85. The van der Waals surface area contributed by atoms with Crippen molar-refractivity contribution in [3.05, 3.63) is 63.6 Å². The van der Waals surface area contributed by atoms with E-state index in [0.717, 1.165) is 16.3 Å². The number of benzene rings is 1. The molecule has 0 radical (unpaired) electrons. The molecule has 0 unspecified atom stereocenters. The van der Waals surface area contributed by atoms with Crippen LogP contribution in [0.2, 0.25) is 5.02 Å². The van der Waals surface area contributed by atoms with E-state index in [0.29, 0.717) is 16.4 Å². The van der Waals surface area contributed by atoms with Crippen molar-refractivity contribution in [1.82, 2.24) is 9.78 Å². The van der Waals surface area contributed by atoms with Gasteiger partial charge in [-0.3, -0.25) is 0 Å². The lowest BCUT2D eigenvalue weighted by molar-refractivity contribution is 0.880. The van der Waals surface area contributed by atoms with Gasteiger partial charge in [-0.1, -0.05) is 17.7 Å². The number of aromatic nitrogens is 2. The summed E-state index contributed by atoms with van der Waals surface area (Å²) < 4.78 is 1.74. The third-order valence-electron chi connectivity index (χ3n) is 2.95. The Balaban J connectivity index is 1.86. The second-order valence-corrected chi connectivity index (χ2v) is 5.89. The van der Waals surface area contributed by atoms with E-state index in [1.165, 1.54) is 11.3 Å². The van der Waals surface area contributed by atoms with Crippen LogP contribution in [0, 0.1) is 11.3 Å². The van der Waals surface area contributed by atoms with Crippen LogP contribution in [0.25, 0.3) is 5.69 Å². The quantitative estimate of drug-likeness (QED) is 0.789. The van der Waals surface area contributed by atoms with Crippen LogP contribution in [-0.4, -0.2) is 9.78 Å². The number of thiophene rings is 1. The molecule has 4 nitrogen and oxygen atoms in total. The number of nitrogens with one attached hydrogen (secondary N) is 1. The Labute approximate surface area is 131 Å². The zero-order valence-corrected chi connectivity index (χ0v) is 12.5. The number of para-hydroxylation sites is 1. The summed E-state index contributed by atoms with van der Waals surface area (Å²) in [6.45, 7) is 0.640. The first-order valence-electron chi connectivity index (χ1n) is 6.29. The van der Waals surface area contributed by atoms with E-state index in [1.54, 1.807) is 10.9 Å². The number of hydrogen-bond acceptors (Lipinski definition) is 4. The largest absolute Gasteiger partial charge is 0.378 e. The van der Waals surface area contributed by atoms with Crippen LogP contribution >= 0.6 is 22.9 Å². The molecule has 0 amide bonds. The smallest absolute Gasteiger partial charge is 0.110 e. The molecule has 0 aliphatic rings. The molecule has 2 heterocycles. The summed E-state index contributed by atoms with van der Waals surface area (Å²) in [6, 6.07) is 13.5. The Morgan fingerprint density at radius 1 is 1.29 bits per heavy atom. The average Bonchev–Trinajstić information content (AvgIpc) is 3.16. The summed E-state index contributed by atoms with van der Waals surface area (Å²) in [4.78, 5) is 1.81. The summed E-state index contributed by atoms with van der Waals surface area (Å²) in [5.74, 6) is 0. The summed E-state index contributed by atoms with van der Waals surface area (Å²) in [5, 5.41) is 17.1. The monoisotopic (exact) mass is 314 g/mol.